The molecule has 2 aromatic rings. The van der Waals surface area contributed by atoms with Gasteiger partial charge in [0.05, 0.1) is 13.1 Å². The van der Waals surface area contributed by atoms with Crippen molar-refractivity contribution in [1.29, 1.82) is 0 Å². The summed E-state index contributed by atoms with van der Waals surface area (Å²) < 4.78 is 0. The first-order chi connectivity index (χ1) is 13.3. The first-order valence-corrected chi connectivity index (χ1v) is 9.68. The standard InChI is InChI=1S/C23H31N3O2/c1-16(2)26(14-20-9-7-6-8-10-20)15-22(28)24-13-21(27)25-23-18(4)11-17(3)12-19(23)5/h6-12,16H,13-15H2,1-5H3,(H,24,28)(H,25,27). The highest BCUT2D eigenvalue weighted by atomic mass is 16.2. The van der Waals surface area contributed by atoms with Crippen LogP contribution in [0.3, 0.4) is 0 Å². The molecule has 0 unspecified atom stereocenters. The zero-order valence-electron chi connectivity index (χ0n) is 17.5. The molecule has 0 aliphatic heterocycles. The lowest BCUT2D eigenvalue weighted by molar-refractivity contribution is -0.125. The zero-order valence-corrected chi connectivity index (χ0v) is 17.5. The van der Waals surface area contributed by atoms with E-state index in [-0.39, 0.29) is 30.9 Å². The normalized spacial score (nSPS) is 11.0. The SMILES string of the molecule is Cc1cc(C)c(NC(=O)CNC(=O)CN(Cc2ccccc2)C(C)C)c(C)c1. The van der Waals surface area contributed by atoms with E-state index in [2.05, 4.69) is 29.4 Å². The van der Waals surface area contributed by atoms with Crippen LogP contribution in [-0.4, -0.2) is 35.8 Å². The fourth-order valence-electron chi connectivity index (χ4n) is 3.22. The van der Waals surface area contributed by atoms with Crippen molar-refractivity contribution in [2.24, 2.45) is 0 Å². The van der Waals surface area contributed by atoms with Crippen LogP contribution in [0, 0.1) is 20.8 Å². The van der Waals surface area contributed by atoms with Crippen molar-refractivity contribution in [2.45, 2.75) is 47.2 Å². The number of amides is 2. The molecule has 0 atom stereocenters. The second kappa shape index (κ2) is 10.0. The summed E-state index contributed by atoms with van der Waals surface area (Å²) in [7, 11) is 0. The van der Waals surface area contributed by atoms with E-state index in [1.807, 2.05) is 63.2 Å². The molecule has 2 aromatic carbocycles. The molecule has 0 aromatic heterocycles. The average molecular weight is 382 g/mol. The summed E-state index contributed by atoms with van der Waals surface area (Å²) >= 11 is 0. The summed E-state index contributed by atoms with van der Waals surface area (Å²) in [6.45, 7) is 11.0. The van der Waals surface area contributed by atoms with Gasteiger partial charge in [-0.2, -0.15) is 0 Å². The van der Waals surface area contributed by atoms with Gasteiger partial charge in [-0.1, -0.05) is 48.0 Å². The molecule has 5 heteroatoms. The number of benzene rings is 2. The maximum Gasteiger partial charge on any atom is 0.243 e. The molecule has 2 rings (SSSR count). The van der Waals surface area contributed by atoms with Gasteiger partial charge in [0.25, 0.3) is 0 Å². The number of carbonyl (C=O) groups excluding carboxylic acids is 2. The van der Waals surface area contributed by atoms with Gasteiger partial charge in [0.1, 0.15) is 0 Å². The van der Waals surface area contributed by atoms with Gasteiger partial charge in [-0.3, -0.25) is 14.5 Å². The fourth-order valence-corrected chi connectivity index (χ4v) is 3.22. The Balaban J connectivity index is 1.87. The van der Waals surface area contributed by atoms with Crippen molar-refractivity contribution in [3.63, 3.8) is 0 Å². The van der Waals surface area contributed by atoms with Crippen LogP contribution in [0.4, 0.5) is 5.69 Å². The minimum atomic E-state index is -0.220. The lowest BCUT2D eigenvalue weighted by atomic mass is 10.1. The molecule has 2 amide bonds. The van der Waals surface area contributed by atoms with Crippen LogP contribution in [0.15, 0.2) is 42.5 Å². The fraction of sp³-hybridized carbons (Fsp3) is 0.391. The molecule has 5 nitrogen and oxygen atoms in total. The molecule has 0 heterocycles. The van der Waals surface area contributed by atoms with Crippen molar-refractivity contribution in [2.75, 3.05) is 18.4 Å². The molecule has 0 aliphatic carbocycles. The lowest BCUT2D eigenvalue weighted by Gasteiger charge is -2.25. The largest absolute Gasteiger partial charge is 0.346 e. The van der Waals surface area contributed by atoms with Crippen LogP contribution in [0.25, 0.3) is 0 Å². The minimum absolute atomic E-state index is 0.0388. The number of anilines is 1. The summed E-state index contributed by atoms with van der Waals surface area (Å²) in [6.07, 6.45) is 0. The Bertz CT molecular complexity index is 793. The molecule has 0 aliphatic rings. The number of hydrogen-bond donors (Lipinski definition) is 2. The third-order valence-electron chi connectivity index (χ3n) is 4.69. The Morgan fingerprint density at radius 1 is 0.964 bits per heavy atom. The quantitative estimate of drug-likeness (QED) is 0.735. The molecule has 0 saturated carbocycles. The molecule has 0 radical (unpaired) electrons. The zero-order chi connectivity index (χ0) is 20.7. The smallest absolute Gasteiger partial charge is 0.243 e. The van der Waals surface area contributed by atoms with Crippen LogP contribution < -0.4 is 10.6 Å². The number of nitrogens with zero attached hydrogens (tertiary/aromatic N) is 1. The number of hydrogen-bond acceptors (Lipinski definition) is 3. The molecule has 0 spiro atoms. The Labute approximate surface area is 168 Å². The van der Waals surface area contributed by atoms with Gasteiger partial charge in [-0.05, 0) is 51.3 Å². The van der Waals surface area contributed by atoms with E-state index < -0.39 is 0 Å². The molecule has 28 heavy (non-hydrogen) atoms. The van der Waals surface area contributed by atoms with Crippen molar-refractivity contribution in [3.8, 4) is 0 Å². The van der Waals surface area contributed by atoms with Gasteiger partial charge >= 0.3 is 0 Å². The van der Waals surface area contributed by atoms with Gasteiger partial charge in [-0.25, -0.2) is 0 Å². The van der Waals surface area contributed by atoms with Gasteiger partial charge < -0.3 is 10.6 Å². The van der Waals surface area contributed by atoms with Crippen molar-refractivity contribution >= 4 is 17.5 Å². The third-order valence-corrected chi connectivity index (χ3v) is 4.69. The first kappa shape index (κ1) is 21.6. The van der Waals surface area contributed by atoms with Crippen LogP contribution in [0.1, 0.15) is 36.1 Å². The van der Waals surface area contributed by atoms with E-state index >= 15 is 0 Å². The molecule has 2 N–H and O–H groups in total. The van der Waals surface area contributed by atoms with Crippen LogP contribution >= 0.6 is 0 Å². The summed E-state index contributed by atoms with van der Waals surface area (Å²) in [5.74, 6) is -0.375. The van der Waals surface area contributed by atoms with E-state index in [1.54, 1.807) is 0 Å². The van der Waals surface area contributed by atoms with E-state index in [0.717, 1.165) is 27.9 Å². The van der Waals surface area contributed by atoms with Gasteiger partial charge in [0.15, 0.2) is 0 Å². The maximum absolute atomic E-state index is 12.4. The Morgan fingerprint density at radius 2 is 1.57 bits per heavy atom. The highest BCUT2D eigenvalue weighted by Crippen LogP contribution is 2.21. The van der Waals surface area contributed by atoms with Crippen molar-refractivity contribution < 1.29 is 9.59 Å². The second-order valence-electron chi connectivity index (χ2n) is 7.58. The molecule has 150 valence electrons. The van der Waals surface area contributed by atoms with Gasteiger partial charge in [-0.15, -0.1) is 0 Å². The molecular weight excluding hydrogens is 350 g/mol. The van der Waals surface area contributed by atoms with E-state index in [9.17, 15) is 9.59 Å². The van der Waals surface area contributed by atoms with E-state index in [4.69, 9.17) is 0 Å². The Hall–Kier alpha value is -2.66. The van der Waals surface area contributed by atoms with Gasteiger partial charge in [0.2, 0.25) is 11.8 Å². The molecule has 0 fully saturated rings. The predicted molar refractivity (Wildman–Crippen MR) is 114 cm³/mol. The third kappa shape index (κ3) is 6.50. The molecule has 0 bridgehead atoms. The lowest BCUT2D eigenvalue weighted by Crippen LogP contribution is -2.42. The van der Waals surface area contributed by atoms with Crippen LogP contribution in [-0.2, 0) is 16.1 Å². The number of carbonyl (C=O) groups is 2. The number of nitrogens with one attached hydrogen (secondary N) is 2. The monoisotopic (exact) mass is 381 g/mol. The minimum Gasteiger partial charge on any atom is -0.346 e. The number of aryl methyl sites for hydroxylation is 3. The predicted octanol–water partition coefficient (Wildman–Crippen LogP) is 3.58. The summed E-state index contributed by atoms with van der Waals surface area (Å²) in [5, 5.41) is 5.64. The highest BCUT2D eigenvalue weighted by molar-refractivity contribution is 5.96. The van der Waals surface area contributed by atoms with Crippen molar-refractivity contribution in [3.05, 3.63) is 64.7 Å². The molecule has 0 saturated heterocycles. The second-order valence-corrected chi connectivity index (χ2v) is 7.58. The first-order valence-electron chi connectivity index (χ1n) is 9.68. The topological polar surface area (TPSA) is 61.4 Å². The Kier molecular flexibility index (Phi) is 7.76. The summed E-state index contributed by atoms with van der Waals surface area (Å²) in [5.41, 5.74) is 5.18. The maximum atomic E-state index is 12.4. The summed E-state index contributed by atoms with van der Waals surface area (Å²) in [4.78, 5) is 26.7. The van der Waals surface area contributed by atoms with Gasteiger partial charge in [0, 0.05) is 18.3 Å². The van der Waals surface area contributed by atoms with Crippen LogP contribution in [0.5, 0.6) is 0 Å². The summed E-state index contributed by atoms with van der Waals surface area (Å²) in [6, 6.07) is 14.3. The highest BCUT2D eigenvalue weighted by Gasteiger charge is 2.16. The Morgan fingerprint density at radius 3 is 2.14 bits per heavy atom. The molecular formula is C23H31N3O2. The number of rotatable bonds is 8. The average Bonchev–Trinajstić information content (AvgIpc) is 2.63. The van der Waals surface area contributed by atoms with E-state index in [1.165, 1.54) is 0 Å². The van der Waals surface area contributed by atoms with Crippen LogP contribution in [0.2, 0.25) is 0 Å². The van der Waals surface area contributed by atoms with Crippen molar-refractivity contribution in [1.82, 2.24) is 10.2 Å². The van der Waals surface area contributed by atoms with E-state index in [0.29, 0.717) is 6.54 Å².